The third-order valence-corrected chi connectivity index (χ3v) is 3.38. The first-order valence-corrected chi connectivity index (χ1v) is 6.76. The maximum atomic E-state index is 5.87. The molecule has 0 fully saturated rings. The summed E-state index contributed by atoms with van der Waals surface area (Å²) in [4.78, 5) is 0. The lowest BCUT2D eigenvalue weighted by molar-refractivity contribution is 0.406. The molecule has 0 aromatic heterocycles. The summed E-state index contributed by atoms with van der Waals surface area (Å²) in [5.74, 6) is 1.06. The van der Waals surface area contributed by atoms with Crippen LogP contribution in [-0.4, -0.2) is 14.2 Å². The van der Waals surface area contributed by atoms with E-state index in [4.69, 9.17) is 20.9 Å². The molecule has 0 aliphatic carbocycles. The molecule has 0 aliphatic rings. The summed E-state index contributed by atoms with van der Waals surface area (Å²) in [5.41, 5.74) is 16.2. The van der Waals surface area contributed by atoms with Crippen LogP contribution in [0.15, 0.2) is 34.5 Å². The van der Waals surface area contributed by atoms with E-state index in [0.717, 1.165) is 22.5 Å². The van der Waals surface area contributed by atoms with Crippen LogP contribution in [-0.2, 0) is 0 Å². The molecular weight excluding hydrogens is 280 g/mol. The molecule has 2 aromatic rings. The first kappa shape index (κ1) is 15.6. The Labute approximate surface area is 129 Å². The molecular formula is C16H20N4O2. The monoisotopic (exact) mass is 300 g/mol. The lowest BCUT2D eigenvalue weighted by Crippen LogP contribution is -1.94. The number of hydrogen-bond donors (Lipinski definition) is 2. The van der Waals surface area contributed by atoms with E-state index in [1.54, 1.807) is 26.4 Å². The van der Waals surface area contributed by atoms with Gasteiger partial charge in [0.05, 0.1) is 25.6 Å². The van der Waals surface area contributed by atoms with Gasteiger partial charge in [-0.1, -0.05) is 0 Å². The van der Waals surface area contributed by atoms with Crippen molar-refractivity contribution < 1.29 is 9.47 Å². The van der Waals surface area contributed by atoms with Crippen LogP contribution < -0.4 is 20.9 Å². The molecule has 0 spiro atoms. The summed E-state index contributed by atoms with van der Waals surface area (Å²) in [6.07, 6.45) is 0. The third-order valence-electron chi connectivity index (χ3n) is 3.38. The molecule has 0 bridgehead atoms. The highest BCUT2D eigenvalue weighted by Gasteiger charge is 2.09. The van der Waals surface area contributed by atoms with E-state index < -0.39 is 0 Å². The van der Waals surface area contributed by atoms with Crippen molar-refractivity contribution in [2.75, 3.05) is 25.7 Å². The lowest BCUT2D eigenvalue weighted by atomic mass is 10.1. The third kappa shape index (κ3) is 3.11. The number of benzene rings is 2. The summed E-state index contributed by atoms with van der Waals surface area (Å²) in [6, 6.07) is 7.13. The van der Waals surface area contributed by atoms with Crippen molar-refractivity contribution in [2.45, 2.75) is 13.8 Å². The average Bonchev–Trinajstić information content (AvgIpc) is 2.50. The Kier molecular flexibility index (Phi) is 4.50. The number of azo groups is 1. The van der Waals surface area contributed by atoms with E-state index in [1.807, 2.05) is 26.0 Å². The van der Waals surface area contributed by atoms with Crippen LogP contribution in [0.1, 0.15) is 11.1 Å². The molecule has 22 heavy (non-hydrogen) atoms. The maximum Gasteiger partial charge on any atom is 0.148 e. The fourth-order valence-electron chi connectivity index (χ4n) is 2.02. The minimum Gasteiger partial charge on any atom is -0.495 e. The predicted molar refractivity (Wildman–Crippen MR) is 88.5 cm³/mol. The molecule has 0 aliphatic heterocycles. The van der Waals surface area contributed by atoms with Crippen LogP contribution in [0.2, 0.25) is 0 Å². The summed E-state index contributed by atoms with van der Waals surface area (Å²) in [5, 5.41) is 8.54. The van der Waals surface area contributed by atoms with Gasteiger partial charge in [0.2, 0.25) is 0 Å². The summed E-state index contributed by atoms with van der Waals surface area (Å²) < 4.78 is 10.5. The van der Waals surface area contributed by atoms with Crippen LogP contribution in [0.25, 0.3) is 0 Å². The summed E-state index contributed by atoms with van der Waals surface area (Å²) in [6.45, 7) is 3.87. The van der Waals surface area contributed by atoms with Gasteiger partial charge in [0.25, 0.3) is 0 Å². The first-order chi connectivity index (χ1) is 10.5. The first-order valence-electron chi connectivity index (χ1n) is 6.76. The number of rotatable bonds is 4. The molecule has 0 unspecified atom stereocenters. The molecule has 0 radical (unpaired) electrons. The molecule has 0 heterocycles. The largest absolute Gasteiger partial charge is 0.495 e. The molecule has 2 aromatic carbocycles. The molecule has 6 heteroatoms. The van der Waals surface area contributed by atoms with Gasteiger partial charge in [0.15, 0.2) is 0 Å². The van der Waals surface area contributed by atoms with E-state index in [1.165, 1.54) is 0 Å². The van der Waals surface area contributed by atoms with Crippen LogP contribution in [0.5, 0.6) is 11.5 Å². The van der Waals surface area contributed by atoms with Gasteiger partial charge < -0.3 is 20.9 Å². The van der Waals surface area contributed by atoms with Gasteiger partial charge in [-0.2, -0.15) is 5.11 Å². The second kappa shape index (κ2) is 6.34. The van der Waals surface area contributed by atoms with Crippen molar-refractivity contribution >= 4 is 22.7 Å². The van der Waals surface area contributed by atoms with Crippen molar-refractivity contribution in [3.63, 3.8) is 0 Å². The number of hydrogen-bond acceptors (Lipinski definition) is 6. The molecule has 0 atom stereocenters. The van der Waals surface area contributed by atoms with E-state index >= 15 is 0 Å². The Morgan fingerprint density at radius 2 is 1.36 bits per heavy atom. The molecule has 0 saturated carbocycles. The molecule has 0 saturated heterocycles. The number of nitrogens with two attached hydrogens (primary N) is 2. The highest BCUT2D eigenvalue weighted by atomic mass is 16.5. The summed E-state index contributed by atoms with van der Waals surface area (Å²) in [7, 11) is 3.10. The minimum absolute atomic E-state index is 0.484. The lowest BCUT2D eigenvalue weighted by Gasteiger charge is -2.09. The van der Waals surface area contributed by atoms with Crippen LogP contribution in [0, 0.1) is 13.8 Å². The zero-order valence-corrected chi connectivity index (χ0v) is 13.2. The van der Waals surface area contributed by atoms with Crippen molar-refractivity contribution in [1.29, 1.82) is 0 Å². The number of nitrogen functional groups attached to an aromatic ring is 2. The van der Waals surface area contributed by atoms with E-state index in [0.29, 0.717) is 22.9 Å². The van der Waals surface area contributed by atoms with Gasteiger partial charge in [-0.15, -0.1) is 5.11 Å². The standard InChI is InChI=1S/C16H20N4O2/c1-9-6-13(10(2)5-11(9)17)19-20-14-8-15(21-3)12(18)7-16(14)22-4/h5-8H,17-18H2,1-4H3. The van der Waals surface area contributed by atoms with Crippen molar-refractivity contribution in [3.05, 3.63) is 35.4 Å². The van der Waals surface area contributed by atoms with Gasteiger partial charge in [-0.3, -0.25) is 0 Å². The van der Waals surface area contributed by atoms with Crippen LogP contribution in [0.3, 0.4) is 0 Å². The number of anilines is 2. The number of methoxy groups -OCH3 is 2. The van der Waals surface area contributed by atoms with Gasteiger partial charge in [0, 0.05) is 17.8 Å². The fourth-order valence-corrected chi connectivity index (χ4v) is 2.02. The number of nitrogens with zero attached hydrogens (tertiary/aromatic N) is 2. The molecule has 2 rings (SSSR count). The summed E-state index contributed by atoms with van der Waals surface area (Å²) >= 11 is 0. The second-order valence-corrected chi connectivity index (χ2v) is 4.96. The Morgan fingerprint density at radius 3 is 2.00 bits per heavy atom. The van der Waals surface area contributed by atoms with Crippen molar-refractivity contribution in [1.82, 2.24) is 0 Å². The second-order valence-electron chi connectivity index (χ2n) is 4.96. The quantitative estimate of drug-likeness (QED) is 0.661. The van der Waals surface area contributed by atoms with E-state index in [-0.39, 0.29) is 0 Å². The van der Waals surface area contributed by atoms with Gasteiger partial charge in [-0.25, -0.2) is 0 Å². The minimum atomic E-state index is 0.484. The molecule has 6 nitrogen and oxygen atoms in total. The maximum absolute atomic E-state index is 5.87. The number of aryl methyl sites for hydroxylation is 2. The highest BCUT2D eigenvalue weighted by molar-refractivity contribution is 5.67. The van der Waals surface area contributed by atoms with Crippen molar-refractivity contribution in [3.8, 4) is 11.5 Å². The fraction of sp³-hybridized carbons (Fsp3) is 0.250. The van der Waals surface area contributed by atoms with Crippen LogP contribution in [0.4, 0.5) is 22.7 Å². The topological polar surface area (TPSA) is 95.2 Å². The zero-order chi connectivity index (χ0) is 16.3. The zero-order valence-electron chi connectivity index (χ0n) is 13.2. The van der Waals surface area contributed by atoms with Crippen molar-refractivity contribution in [2.24, 2.45) is 10.2 Å². The normalized spacial score (nSPS) is 10.9. The van der Waals surface area contributed by atoms with Gasteiger partial charge in [-0.05, 0) is 37.1 Å². The van der Waals surface area contributed by atoms with Gasteiger partial charge >= 0.3 is 0 Å². The SMILES string of the molecule is COc1cc(N=Nc2cc(C)c(N)cc2C)c(OC)cc1N. The molecule has 0 amide bonds. The Bertz CT molecular complexity index is 727. The Morgan fingerprint density at radius 1 is 0.727 bits per heavy atom. The van der Waals surface area contributed by atoms with E-state index in [2.05, 4.69) is 10.2 Å². The smallest absolute Gasteiger partial charge is 0.148 e. The van der Waals surface area contributed by atoms with Crippen LogP contribution >= 0.6 is 0 Å². The van der Waals surface area contributed by atoms with E-state index in [9.17, 15) is 0 Å². The predicted octanol–water partition coefficient (Wildman–Crippen LogP) is 3.90. The average molecular weight is 300 g/mol. The van der Waals surface area contributed by atoms with Gasteiger partial charge in [0.1, 0.15) is 17.2 Å². The highest BCUT2D eigenvalue weighted by Crippen LogP contribution is 2.37. The Balaban J connectivity index is 2.43. The molecule has 4 N–H and O–H groups in total. The molecule has 116 valence electrons. The number of ether oxygens (including phenoxy) is 2. The Hall–Kier alpha value is -2.76.